The Hall–Kier alpha value is -6.27. The molecule has 408 valence electrons. The number of ether oxygens (including phenoxy) is 2. The molecule has 2 saturated heterocycles. The monoisotopic (exact) mass is 1080 g/mol. The SMILES string of the molecule is CCOC(=O)C1OC1C(=O)N(CC(N)=O)NC(=O)[C@@H]1CCCN1C(=O)CCCCCNC(=O)CCCCC[N+]1=C(/C=C/C=C/C=C2/N(CC)c3ccc(S(=O)(=O)O)cc3C2(C)C)C(C)(C)c2cc(S(=O)(=O)[O-])ccc21. The first-order valence-corrected chi connectivity index (χ1v) is 28.2. The zero-order valence-electron chi connectivity index (χ0n) is 43.3. The van der Waals surface area contributed by atoms with Crippen molar-refractivity contribution in [1.29, 1.82) is 0 Å². The van der Waals surface area contributed by atoms with Crippen LogP contribution in [-0.4, -0.2) is 139 Å². The lowest BCUT2D eigenvalue weighted by Gasteiger charge is -2.27. The van der Waals surface area contributed by atoms with Crippen LogP contribution in [0.3, 0.4) is 0 Å². The van der Waals surface area contributed by atoms with Crippen LogP contribution in [0.15, 0.2) is 82.3 Å². The van der Waals surface area contributed by atoms with E-state index in [0.29, 0.717) is 88.1 Å². The average Bonchev–Trinajstić information content (AvgIpc) is 3.85. The molecule has 2 fully saturated rings. The number of unbranched alkanes of at least 4 members (excludes halogenated alkanes) is 4. The number of fused-ring (bicyclic) bond motifs is 2. The Morgan fingerprint density at radius 1 is 0.893 bits per heavy atom. The van der Waals surface area contributed by atoms with E-state index in [1.807, 2.05) is 65.0 Å². The van der Waals surface area contributed by atoms with Gasteiger partial charge in [-0.25, -0.2) is 18.2 Å². The Balaban J connectivity index is 0.967. The van der Waals surface area contributed by atoms with Crippen LogP contribution in [0.1, 0.15) is 117 Å². The van der Waals surface area contributed by atoms with E-state index in [1.165, 1.54) is 29.2 Å². The van der Waals surface area contributed by atoms with E-state index in [1.54, 1.807) is 19.1 Å². The fourth-order valence-corrected chi connectivity index (χ4v) is 11.1. The predicted molar refractivity (Wildman–Crippen MR) is 275 cm³/mol. The smallest absolute Gasteiger partial charge is 0.338 e. The van der Waals surface area contributed by atoms with E-state index >= 15 is 0 Å². The third kappa shape index (κ3) is 13.8. The fraction of sp³-hybridized carbons (Fsp3) is 0.519. The molecule has 3 atom stereocenters. The second-order valence-corrected chi connectivity index (χ2v) is 22.7. The van der Waals surface area contributed by atoms with Crippen LogP contribution in [0.25, 0.3) is 0 Å². The first kappa shape index (κ1) is 58.0. The van der Waals surface area contributed by atoms with Gasteiger partial charge in [0.2, 0.25) is 23.4 Å². The summed E-state index contributed by atoms with van der Waals surface area (Å²) in [4.78, 5) is 79.0. The largest absolute Gasteiger partial charge is 0.744 e. The van der Waals surface area contributed by atoms with E-state index in [9.17, 15) is 54.7 Å². The number of nitrogens with two attached hydrogens (primary N) is 1. The molecule has 4 heterocycles. The second kappa shape index (κ2) is 24.2. The molecule has 0 aromatic heterocycles. The number of epoxide rings is 1. The van der Waals surface area contributed by atoms with Crippen LogP contribution in [-0.2, 0) is 69.3 Å². The number of rotatable bonds is 24. The molecule has 0 spiro atoms. The minimum atomic E-state index is -4.71. The third-order valence-electron chi connectivity index (χ3n) is 14.0. The molecule has 0 radical (unpaired) electrons. The Morgan fingerprint density at radius 3 is 2.27 bits per heavy atom. The first-order chi connectivity index (χ1) is 35.3. The number of nitrogens with one attached hydrogen (secondary N) is 2. The summed E-state index contributed by atoms with van der Waals surface area (Å²) >= 11 is 0. The number of primary amides is 1. The van der Waals surface area contributed by atoms with Crippen LogP contribution >= 0.6 is 0 Å². The number of carbonyl (C=O) groups excluding carboxylic acids is 6. The van der Waals surface area contributed by atoms with Gasteiger partial charge in [-0.15, -0.1) is 0 Å². The van der Waals surface area contributed by atoms with E-state index in [0.717, 1.165) is 34.8 Å². The maximum atomic E-state index is 13.3. The fourth-order valence-electron chi connectivity index (χ4n) is 10.1. The zero-order valence-corrected chi connectivity index (χ0v) is 45.0. The van der Waals surface area contributed by atoms with Crippen molar-refractivity contribution in [3.8, 4) is 0 Å². The highest BCUT2D eigenvalue weighted by Crippen LogP contribution is 2.48. The highest BCUT2D eigenvalue weighted by molar-refractivity contribution is 7.86. The molecule has 2 unspecified atom stereocenters. The van der Waals surface area contributed by atoms with Gasteiger partial charge in [-0.05, 0) is 108 Å². The summed E-state index contributed by atoms with van der Waals surface area (Å²) in [5.41, 5.74) is 11.4. The van der Waals surface area contributed by atoms with Crippen molar-refractivity contribution in [2.45, 2.75) is 145 Å². The minimum absolute atomic E-state index is 0.0768. The molecule has 4 aliphatic heterocycles. The van der Waals surface area contributed by atoms with E-state index in [2.05, 4.69) is 20.2 Å². The van der Waals surface area contributed by atoms with Crippen molar-refractivity contribution < 1.29 is 68.8 Å². The van der Waals surface area contributed by atoms with Gasteiger partial charge in [0.25, 0.3) is 21.9 Å². The Kier molecular flexibility index (Phi) is 18.7. The van der Waals surface area contributed by atoms with Crippen LogP contribution < -0.4 is 21.4 Å². The molecule has 2 aromatic rings. The number of esters is 1. The van der Waals surface area contributed by atoms with Gasteiger partial charge in [0.15, 0.2) is 17.9 Å². The molecular formula is C52H69N7O14S2. The number of allylic oxidation sites excluding steroid dienone is 6. The molecule has 23 heteroatoms. The maximum absolute atomic E-state index is 13.3. The summed E-state index contributed by atoms with van der Waals surface area (Å²) < 4.78 is 81.9. The molecule has 0 aliphatic carbocycles. The molecule has 6 rings (SSSR count). The Bertz CT molecular complexity index is 2910. The van der Waals surface area contributed by atoms with Crippen molar-refractivity contribution >= 4 is 72.8 Å². The standard InChI is InChI=1S/C52H69N7O14S2/c1-7-56-38-26-24-34(74(66,67)68)31-36(38)51(3,4)41(56)20-12-9-13-21-42-52(5,6)37-32-35(75(69,70)71)25-27-39(37)57(42)29-17-11-14-22-44(61)54-28-16-10-15-23-45(62)58-30-18-19-40(58)48(63)55-59(33-43(53)60)49(64)46-47(73-46)50(65)72-8-2/h9,12-13,20-21,24-27,31-32,40,46-47H,7-8,10-11,14-19,22-23,28-30,33H2,1-6H3,(H5-,53,54,55,60,61,63,66,67,68,69,70,71)/t40-,46?,47?/m0/s1. The van der Waals surface area contributed by atoms with Crippen LogP contribution in [0.2, 0.25) is 0 Å². The quantitative estimate of drug-likeness (QED) is 0.0220. The van der Waals surface area contributed by atoms with Gasteiger partial charge in [-0.2, -0.15) is 13.0 Å². The number of anilines is 1. The van der Waals surface area contributed by atoms with Gasteiger partial charge in [0, 0.05) is 73.4 Å². The number of amides is 5. The highest BCUT2D eigenvalue weighted by Gasteiger charge is 2.54. The molecule has 4 aliphatic rings. The lowest BCUT2D eigenvalue weighted by atomic mass is 9.81. The summed E-state index contributed by atoms with van der Waals surface area (Å²) in [6, 6.07) is 8.15. The number of hydrogen-bond acceptors (Lipinski definition) is 14. The highest BCUT2D eigenvalue weighted by atomic mass is 32.2. The van der Waals surface area contributed by atoms with E-state index in [-0.39, 0.29) is 34.6 Å². The number of likely N-dealkylation sites (tertiary alicyclic amines) is 1. The Labute approximate surface area is 438 Å². The Morgan fingerprint density at radius 2 is 1.59 bits per heavy atom. The molecule has 5 amide bonds. The van der Waals surface area contributed by atoms with Gasteiger partial charge in [-0.3, -0.25) is 34.0 Å². The van der Waals surface area contributed by atoms with Gasteiger partial charge in [0.1, 0.15) is 29.2 Å². The summed E-state index contributed by atoms with van der Waals surface area (Å²) in [7, 11) is -9.10. The number of likely N-dealkylation sites (N-methyl/N-ethyl adjacent to an activating group) is 1. The van der Waals surface area contributed by atoms with Gasteiger partial charge in [0.05, 0.1) is 21.8 Å². The second-order valence-electron chi connectivity index (χ2n) is 19.9. The van der Waals surface area contributed by atoms with E-state index < -0.39 is 79.6 Å². The van der Waals surface area contributed by atoms with Crippen LogP contribution in [0.5, 0.6) is 0 Å². The van der Waals surface area contributed by atoms with Crippen molar-refractivity contribution in [3.05, 3.63) is 83.6 Å². The van der Waals surface area contributed by atoms with E-state index in [4.69, 9.17) is 15.2 Å². The predicted octanol–water partition coefficient (Wildman–Crippen LogP) is 3.93. The lowest BCUT2D eigenvalue weighted by Crippen LogP contribution is -2.56. The van der Waals surface area contributed by atoms with Crippen LogP contribution in [0, 0.1) is 0 Å². The van der Waals surface area contributed by atoms with Crippen molar-refractivity contribution in [2.75, 3.05) is 44.2 Å². The van der Waals surface area contributed by atoms with Crippen LogP contribution in [0.4, 0.5) is 11.4 Å². The number of nitrogens with zero attached hydrogens (tertiary/aromatic N) is 4. The molecule has 0 saturated carbocycles. The number of carbonyl (C=O) groups is 6. The molecular weight excluding hydrogens is 1010 g/mol. The topological polar surface area (TPSA) is 299 Å². The summed E-state index contributed by atoms with van der Waals surface area (Å²) in [6.45, 7) is 12.9. The summed E-state index contributed by atoms with van der Waals surface area (Å²) in [5.74, 6) is -3.52. The third-order valence-corrected chi connectivity index (χ3v) is 15.7. The zero-order chi connectivity index (χ0) is 55.0. The molecule has 21 nitrogen and oxygen atoms in total. The number of benzene rings is 2. The first-order valence-electron chi connectivity index (χ1n) is 25.3. The molecule has 5 N–H and O–H groups in total. The summed E-state index contributed by atoms with van der Waals surface area (Å²) in [6.07, 6.45) is 12.4. The summed E-state index contributed by atoms with van der Waals surface area (Å²) in [5, 5.41) is 3.64. The molecule has 2 aromatic carbocycles. The van der Waals surface area contributed by atoms with Crippen molar-refractivity contribution in [3.63, 3.8) is 0 Å². The number of hydrazine groups is 1. The van der Waals surface area contributed by atoms with Crippen molar-refractivity contribution in [2.24, 2.45) is 5.73 Å². The molecule has 0 bridgehead atoms. The van der Waals surface area contributed by atoms with Gasteiger partial charge < -0.3 is 34.9 Å². The van der Waals surface area contributed by atoms with Gasteiger partial charge >= 0.3 is 5.97 Å². The lowest BCUT2D eigenvalue weighted by molar-refractivity contribution is -0.438. The van der Waals surface area contributed by atoms with Gasteiger partial charge in [-0.1, -0.05) is 38.5 Å². The maximum Gasteiger partial charge on any atom is 0.338 e. The van der Waals surface area contributed by atoms with Crippen molar-refractivity contribution in [1.82, 2.24) is 20.7 Å². The molecule has 75 heavy (non-hydrogen) atoms. The average molecular weight is 1080 g/mol. The normalized spacial score (nSPS) is 20.2. The minimum Gasteiger partial charge on any atom is -0.744 e. The number of hydrogen-bond donors (Lipinski definition) is 4.